The van der Waals surface area contributed by atoms with Crippen LogP contribution in [0.4, 0.5) is 4.39 Å². The molecule has 0 fully saturated rings. The number of hydrogen-bond acceptors (Lipinski definition) is 3. The molecule has 1 aromatic heterocycles. The zero-order valence-electron chi connectivity index (χ0n) is 7.86. The van der Waals surface area contributed by atoms with Crippen LogP contribution in [0.1, 0.15) is 18.8 Å². The van der Waals surface area contributed by atoms with E-state index in [-0.39, 0.29) is 12.0 Å². The van der Waals surface area contributed by atoms with Crippen LogP contribution in [0.3, 0.4) is 0 Å². The van der Waals surface area contributed by atoms with Gasteiger partial charge in [-0.05, 0) is 6.42 Å². The topological polar surface area (TPSA) is 92.2 Å². The van der Waals surface area contributed by atoms with Gasteiger partial charge >= 0.3 is 11.7 Å². The third-order valence-electron chi connectivity index (χ3n) is 1.87. The van der Waals surface area contributed by atoms with Crippen molar-refractivity contribution in [3.63, 3.8) is 0 Å². The molecule has 2 N–H and O–H groups in total. The average Bonchev–Trinajstić information content (AvgIpc) is 2.17. The van der Waals surface area contributed by atoms with Crippen LogP contribution < -0.4 is 11.2 Å². The number of aryl methyl sites for hydroxylation is 1. The van der Waals surface area contributed by atoms with Crippen molar-refractivity contribution in [2.75, 3.05) is 0 Å². The molecule has 0 spiro atoms. The van der Waals surface area contributed by atoms with E-state index < -0.39 is 23.5 Å². The average molecular weight is 216 g/mol. The van der Waals surface area contributed by atoms with Gasteiger partial charge in [0.05, 0.1) is 0 Å². The standard InChI is InChI=1S/C8H9FN2O4/c1-2-4-3-11(5(9)7(13)14)8(15)10-6(4)12/h3,5H,2H2,1H3,(H,13,14)(H,10,12,15). The molecule has 0 amide bonds. The Balaban J connectivity index is 3.37. The van der Waals surface area contributed by atoms with Crippen LogP contribution in [0.15, 0.2) is 15.8 Å². The molecule has 1 heterocycles. The summed E-state index contributed by atoms with van der Waals surface area (Å²) in [7, 11) is 0. The van der Waals surface area contributed by atoms with Crippen LogP contribution >= 0.6 is 0 Å². The number of hydrogen-bond donors (Lipinski definition) is 2. The summed E-state index contributed by atoms with van der Waals surface area (Å²) in [5.74, 6) is -1.79. The van der Waals surface area contributed by atoms with Crippen molar-refractivity contribution in [1.82, 2.24) is 9.55 Å². The number of nitrogens with one attached hydrogen (secondary N) is 1. The lowest BCUT2D eigenvalue weighted by Crippen LogP contribution is -2.35. The van der Waals surface area contributed by atoms with Crippen molar-refractivity contribution in [2.45, 2.75) is 19.6 Å². The highest BCUT2D eigenvalue weighted by molar-refractivity contribution is 5.70. The Morgan fingerprint density at radius 3 is 2.73 bits per heavy atom. The molecular formula is C8H9FN2O4. The predicted molar refractivity (Wildman–Crippen MR) is 48.5 cm³/mol. The Bertz CT molecular complexity index is 490. The molecule has 0 bridgehead atoms. The van der Waals surface area contributed by atoms with Crippen molar-refractivity contribution < 1.29 is 14.3 Å². The number of rotatable bonds is 3. The predicted octanol–water partition coefficient (Wildman–Crippen LogP) is -0.348. The van der Waals surface area contributed by atoms with E-state index in [1.807, 2.05) is 4.98 Å². The van der Waals surface area contributed by atoms with E-state index >= 15 is 0 Å². The number of H-pyrrole nitrogens is 1. The minimum atomic E-state index is -2.49. The molecule has 82 valence electrons. The molecule has 0 aliphatic rings. The van der Waals surface area contributed by atoms with E-state index in [1.54, 1.807) is 6.92 Å². The van der Waals surface area contributed by atoms with Crippen LogP contribution in [-0.4, -0.2) is 20.6 Å². The van der Waals surface area contributed by atoms with Crippen molar-refractivity contribution in [2.24, 2.45) is 0 Å². The number of carboxylic acid groups (broad SMARTS) is 1. The smallest absolute Gasteiger partial charge is 0.360 e. The molecule has 0 saturated heterocycles. The van der Waals surface area contributed by atoms with E-state index in [2.05, 4.69) is 0 Å². The summed E-state index contributed by atoms with van der Waals surface area (Å²) in [5, 5.41) is 8.37. The molecule has 0 aromatic carbocycles. The minimum Gasteiger partial charge on any atom is -0.478 e. The highest BCUT2D eigenvalue weighted by Gasteiger charge is 2.20. The molecule has 0 saturated carbocycles. The first-order chi connectivity index (χ1) is 6.97. The van der Waals surface area contributed by atoms with Crippen LogP contribution in [0.5, 0.6) is 0 Å². The maximum Gasteiger partial charge on any atom is 0.360 e. The maximum absolute atomic E-state index is 13.0. The van der Waals surface area contributed by atoms with E-state index in [0.29, 0.717) is 4.57 Å². The number of nitrogens with zero attached hydrogens (tertiary/aromatic N) is 1. The SMILES string of the molecule is CCc1cn(C(F)C(=O)O)c(=O)[nH]c1=O. The Morgan fingerprint density at radius 2 is 2.27 bits per heavy atom. The van der Waals surface area contributed by atoms with Crippen molar-refractivity contribution in [3.8, 4) is 0 Å². The van der Waals surface area contributed by atoms with E-state index in [4.69, 9.17) is 5.11 Å². The summed E-state index contributed by atoms with van der Waals surface area (Å²) in [4.78, 5) is 34.3. The Labute approximate surface area is 83.0 Å². The number of carboxylic acids is 1. The number of halogens is 1. The van der Waals surface area contributed by atoms with Gasteiger partial charge in [-0.1, -0.05) is 6.92 Å². The zero-order chi connectivity index (χ0) is 11.6. The fourth-order valence-electron chi connectivity index (χ4n) is 1.07. The molecule has 0 radical (unpaired) electrons. The summed E-state index contributed by atoms with van der Waals surface area (Å²) in [5.41, 5.74) is -1.55. The molecule has 0 aliphatic heterocycles. The lowest BCUT2D eigenvalue weighted by atomic mass is 10.2. The van der Waals surface area contributed by atoms with Crippen LogP contribution in [0.25, 0.3) is 0 Å². The van der Waals surface area contributed by atoms with Gasteiger partial charge in [0.25, 0.3) is 11.9 Å². The Kier molecular flexibility index (Phi) is 3.03. The van der Waals surface area contributed by atoms with Crippen molar-refractivity contribution in [1.29, 1.82) is 0 Å². The van der Waals surface area contributed by atoms with Crippen LogP contribution in [0.2, 0.25) is 0 Å². The van der Waals surface area contributed by atoms with Crippen LogP contribution in [0, 0.1) is 0 Å². The second kappa shape index (κ2) is 4.07. The molecular weight excluding hydrogens is 207 g/mol. The van der Waals surface area contributed by atoms with Gasteiger partial charge in [0, 0.05) is 11.8 Å². The quantitative estimate of drug-likeness (QED) is 0.722. The third-order valence-corrected chi connectivity index (χ3v) is 1.87. The normalized spacial score (nSPS) is 12.4. The van der Waals surface area contributed by atoms with Gasteiger partial charge in [-0.2, -0.15) is 0 Å². The summed E-state index contributed by atoms with van der Waals surface area (Å²) in [6.07, 6.45) is -1.29. The first kappa shape index (κ1) is 11.2. The third kappa shape index (κ3) is 2.12. The second-order valence-electron chi connectivity index (χ2n) is 2.85. The summed E-state index contributed by atoms with van der Waals surface area (Å²) in [6, 6.07) is 0. The van der Waals surface area contributed by atoms with Gasteiger partial charge in [0.2, 0.25) is 0 Å². The number of alkyl halides is 1. The monoisotopic (exact) mass is 216 g/mol. The Hall–Kier alpha value is -1.92. The first-order valence-corrected chi connectivity index (χ1v) is 4.18. The number of carbonyl (C=O) groups is 1. The van der Waals surface area contributed by atoms with E-state index in [1.165, 1.54) is 0 Å². The van der Waals surface area contributed by atoms with E-state index in [9.17, 15) is 18.8 Å². The molecule has 1 rings (SSSR count). The molecule has 15 heavy (non-hydrogen) atoms. The Morgan fingerprint density at radius 1 is 1.67 bits per heavy atom. The molecule has 1 aromatic rings. The maximum atomic E-state index is 13.0. The summed E-state index contributed by atoms with van der Waals surface area (Å²) >= 11 is 0. The van der Waals surface area contributed by atoms with Crippen molar-refractivity contribution in [3.05, 3.63) is 32.6 Å². The number of aromatic nitrogens is 2. The first-order valence-electron chi connectivity index (χ1n) is 4.18. The van der Waals surface area contributed by atoms with Crippen LogP contribution in [-0.2, 0) is 11.2 Å². The fourth-order valence-corrected chi connectivity index (χ4v) is 1.07. The highest BCUT2D eigenvalue weighted by atomic mass is 19.1. The lowest BCUT2D eigenvalue weighted by molar-refractivity contribution is -0.146. The molecule has 6 nitrogen and oxygen atoms in total. The fraction of sp³-hybridized carbons (Fsp3) is 0.375. The van der Waals surface area contributed by atoms with Gasteiger partial charge in [-0.3, -0.25) is 14.3 Å². The molecule has 0 aliphatic carbocycles. The summed E-state index contributed by atoms with van der Waals surface area (Å²) < 4.78 is 13.3. The highest BCUT2D eigenvalue weighted by Crippen LogP contribution is 2.04. The number of aromatic amines is 1. The molecule has 1 atom stereocenters. The lowest BCUT2D eigenvalue weighted by Gasteiger charge is -2.07. The van der Waals surface area contributed by atoms with Crippen molar-refractivity contribution >= 4 is 5.97 Å². The van der Waals surface area contributed by atoms with Gasteiger partial charge in [0.1, 0.15) is 0 Å². The summed E-state index contributed by atoms with van der Waals surface area (Å²) in [6.45, 7) is 1.63. The van der Waals surface area contributed by atoms with Gasteiger partial charge in [0.15, 0.2) is 0 Å². The van der Waals surface area contributed by atoms with Gasteiger partial charge < -0.3 is 5.11 Å². The van der Waals surface area contributed by atoms with Gasteiger partial charge in [-0.25, -0.2) is 14.0 Å². The second-order valence-corrected chi connectivity index (χ2v) is 2.85. The van der Waals surface area contributed by atoms with E-state index in [0.717, 1.165) is 6.20 Å². The minimum absolute atomic E-state index is 0.151. The largest absolute Gasteiger partial charge is 0.478 e. The molecule has 1 unspecified atom stereocenters. The zero-order valence-corrected chi connectivity index (χ0v) is 7.86. The molecule has 7 heteroatoms. The number of aliphatic carboxylic acids is 1. The van der Waals surface area contributed by atoms with Gasteiger partial charge in [-0.15, -0.1) is 0 Å².